The number of thiophene rings is 1. The molecule has 0 aliphatic heterocycles. The molecule has 0 spiro atoms. The minimum atomic E-state index is 0.0676. The van der Waals surface area contributed by atoms with Crippen LogP contribution in [0.5, 0.6) is 0 Å². The van der Waals surface area contributed by atoms with E-state index >= 15 is 0 Å². The Balaban J connectivity index is 2.62. The second-order valence-corrected chi connectivity index (χ2v) is 4.46. The van der Waals surface area contributed by atoms with Gasteiger partial charge in [0.2, 0.25) is 0 Å². The van der Waals surface area contributed by atoms with Gasteiger partial charge in [-0.3, -0.25) is 0 Å². The molecule has 0 saturated carbocycles. The van der Waals surface area contributed by atoms with Crippen molar-refractivity contribution in [3.05, 3.63) is 28.2 Å². The highest BCUT2D eigenvalue weighted by atomic mass is 35.5. The fraction of sp³-hybridized carbons (Fsp3) is 0.222. The van der Waals surface area contributed by atoms with Crippen LogP contribution in [-0.4, -0.2) is 4.98 Å². The van der Waals surface area contributed by atoms with Crippen molar-refractivity contribution in [1.82, 2.24) is 4.98 Å². The predicted molar refractivity (Wildman–Crippen MR) is 57.2 cm³/mol. The standard InChI is InChI=1S/C9H9ClN2S/c1-5(11)8-4-6-7(13-8)2-3-9(10)12-6/h2-5H,11H2,1H3/t5-/m1/s1. The van der Waals surface area contributed by atoms with Gasteiger partial charge in [0.15, 0.2) is 0 Å². The third-order valence-electron chi connectivity index (χ3n) is 1.81. The minimum Gasteiger partial charge on any atom is -0.324 e. The minimum absolute atomic E-state index is 0.0676. The third kappa shape index (κ3) is 1.68. The zero-order valence-corrected chi connectivity index (χ0v) is 8.69. The van der Waals surface area contributed by atoms with Crippen molar-refractivity contribution in [3.8, 4) is 0 Å². The first-order chi connectivity index (χ1) is 6.16. The molecular weight excluding hydrogens is 204 g/mol. The SMILES string of the molecule is C[C@@H](N)c1cc2nc(Cl)ccc2s1. The van der Waals surface area contributed by atoms with Crippen molar-refractivity contribution in [2.45, 2.75) is 13.0 Å². The third-order valence-corrected chi connectivity index (χ3v) is 3.31. The second-order valence-electron chi connectivity index (χ2n) is 2.95. The van der Waals surface area contributed by atoms with E-state index in [1.165, 1.54) is 0 Å². The van der Waals surface area contributed by atoms with Gasteiger partial charge < -0.3 is 5.73 Å². The number of nitrogens with two attached hydrogens (primary N) is 1. The highest BCUT2D eigenvalue weighted by Gasteiger charge is 2.06. The quantitative estimate of drug-likeness (QED) is 0.739. The number of pyridine rings is 1. The maximum atomic E-state index is 5.77. The first-order valence-corrected chi connectivity index (χ1v) is 5.18. The van der Waals surface area contributed by atoms with Crippen molar-refractivity contribution in [1.29, 1.82) is 0 Å². The largest absolute Gasteiger partial charge is 0.324 e. The molecule has 0 fully saturated rings. The van der Waals surface area contributed by atoms with Gasteiger partial charge in [-0.25, -0.2) is 4.98 Å². The summed E-state index contributed by atoms with van der Waals surface area (Å²) in [4.78, 5) is 5.34. The molecule has 0 radical (unpaired) electrons. The molecule has 2 aromatic rings. The molecule has 0 bridgehead atoms. The highest BCUT2D eigenvalue weighted by molar-refractivity contribution is 7.19. The van der Waals surface area contributed by atoms with E-state index in [-0.39, 0.29) is 6.04 Å². The van der Waals surface area contributed by atoms with Gasteiger partial charge >= 0.3 is 0 Å². The molecule has 13 heavy (non-hydrogen) atoms. The lowest BCUT2D eigenvalue weighted by Crippen LogP contribution is -2.01. The van der Waals surface area contributed by atoms with E-state index in [1.54, 1.807) is 17.4 Å². The number of aromatic nitrogens is 1. The van der Waals surface area contributed by atoms with Gasteiger partial charge in [0, 0.05) is 10.9 Å². The first-order valence-electron chi connectivity index (χ1n) is 3.98. The maximum Gasteiger partial charge on any atom is 0.129 e. The predicted octanol–water partition coefficient (Wildman–Crippen LogP) is 2.97. The summed E-state index contributed by atoms with van der Waals surface area (Å²) in [5.74, 6) is 0. The van der Waals surface area contributed by atoms with Crippen molar-refractivity contribution in [2.24, 2.45) is 5.73 Å². The van der Waals surface area contributed by atoms with E-state index in [0.29, 0.717) is 5.15 Å². The summed E-state index contributed by atoms with van der Waals surface area (Å²) in [5.41, 5.74) is 6.70. The number of hydrogen-bond donors (Lipinski definition) is 1. The van der Waals surface area contributed by atoms with Crippen LogP contribution in [0.3, 0.4) is 0 Å². The van der Waals surface area contributed by atoms with Gasteiger partial charge in [-0.1, -0.05) is 11.6 Å². The molecule has 0 aliphatic rings. The van der Waals surface area contributed by atoms with Crippen LogP contribution in [0.25, 0.3) is 10.2 Å². The van der Waals surface area contributed by atoms with E-state index < -0.39 is 0 Å². The molecule has 0 unspecified atom stereocenters. The van der Waals surface area contributed by atoms with Crippen LogP contribution >= 0.6 is 22.9 Å². The molecule has 0 amide bonds. The molecule has 2 heterocycles. The lowest BCUT2D eigenvalue weighted by Gasteiger charge is -1.96. The fourth-order valence-corrected chi connectivity index (χ4v) is 2.25. The summed E-state index contributed by atoms with van der Waals surface area (Å²) in [5, 5.41) is 0.529. The average Bonchev–Trinajstić information content (AvgIpc) is 2.46. The Kier molecular flexibility index (Phi) is 2.24. The lowest BCUT2D eigenvalue weighted by molar-refractivity contribution is 0.839. The molecule has 1 atom stereocenters. The molecule has 0 saturated heterocycles. The number of nitrogens with zero attached hydrogens (tertiary/aromatic N) is 1. The number of fused-ring (bicyclic) bond motifs is 1. The molecule has 2 aromatic heterocycles. The Morgan fingerprint density at radius 3 is 3.00 bits per heavy atom. The molecular formula is C9H9ClN2S. The van der Waals surface area contributed by atoms with Gasteiger partial charge in [-0.15, -0.1) is 11.3 Å². The van der Waals surface area contributed by atoms with Gasteiger partial charge in [0.1, 0.15) is 5.15 Å². The molecule has 0 aromatic carbocycles. The summed E-state index contributed by atoms with van der Waals surface area (Å²) in [7, 11) is 0. The Labute approximate surface area is 85.3 Å². The molecule has 2 rings (SSSR count). The van der Waals surface area contributed by atoms with Gasteiger partial charge in [0.25, 0.3) is 0 Å². The molecule has 0 aliphatic carbocycles. The summed E-state index contributed by atoms with van der Waals surface area (Å²) < 4.78 is 1.14. The number of hydrogen-bond acceptors (Lipinski definition) is 3. The Bertz CT molecular complexity index is 436. The topological polar surface area (TPSA) is 38.9 Å². The molecule has 2 N–H and O–H groups in total. The Hall–Kier alpha value is -0.640. The van der Waals surface area contributed by atoms with E-state index in [4.69, 9.17) is 17.3 Å². The van der Waals surface area contributed by atoms with Gasteiger partial charge in [-0.2, -0.15) is 0 Å². The van der Waals surface area contributed by atoms with Gasteiger partial charge in [-0.05, 0) is 25.1 Å². The van der Waals surface area contributed by atoms with E-state index in [0.717, 1.165) is 15.1 Å². The number of halogens is 1. The molecule has 68 valence electrons. The van der Waals surface area contributed by atoms with Gasteiger partial charge in [0.05, 0.1) is 10.2 Å². The van der Waals surface area contributed by atoms with Crippen molar-refractivity contribution in [3.63, 3.8) is 0 Å². The fourth-order valence-electron chi connectivity index (χ4n) is 1.14. The normalized spacial score (nSPS) is 13.5. The average molecular weight is 213 g/mol. The zero-order chi connectivity index (χ0) is 9.42. The van der Waals surface area contributed by atoms with Crippen molar-refractivity contribution in [2.75, 3.05) is 0 Å². The van der Waals surface area contributed by atoms with Crippen LogP contribution in [0.2, 0.25) is 5.15 Å². The summed E-state index contributed by atoms with van der Waals surface area (Å²) in [6.45, 7) is 1.96. The van der Waals surface area contributed by atoms with Crippen LogP contribution in [0, 0.1) is 0 Å². The first kappa shape index (κ1) is 8.94. The van der Waals surface area contributed by atoms with Crippen LogP contribution in [0.4, 0.5) is 0 Å². The summed E-state index contributed by atoms with van der Waals surface area (Å²) >= 11 is 7.44. The zero-order valence-electron chi connectivity index (χ0n) is 7.12. The van der Waals surface area contributed by atoms with E-state index in [1.807, 2.05) is 19.1 Å². The number of rotatable bonds is 1. The van der Waals surface area contributed by atoms with Crippen molar-refractivity contribution < 1.29 is 0 Å². The van der Waals surface area contributed by atoms with E-state index in [2.05, 4.69) is 4.98 Å². The monoisotopic (exact) mass is 212 g/mol. The second kappa shape index (κ2) is 3.25. The van der Waals surface area contributed by atoms with Crippen LogP contribution in [-0.2, 0) is 0 Å². The van der Waals surface area contributed by atoms with Crippen LogP contribution in [0.15, 0.2) is 18.2 Å². The molecule has 4 heteroatoms. The summed E-state index contributed by atoms with van der Waals surface area (Å²) in [6, 6.07) is 5.83. The maximum absolute atomic E-state index is 5.77. The Morgan fingerprint density at radius 1 is 1.54 bits per heavy atom. The molecule has 2 nitrogen and oxygen atoms in total. The van der Waals surface area contributed by atoms with E-state index in [9.17, 15) is 0 Å². The van der Waals surface area contributed by atoms with Crippen molar-refractivity contribution >= 4 is 33.2 Å². The summed E-state index contributed by atoms with van der Waals surface area (Å²) in [6.07, 6.45) is 0. The Morgan fingerprint density at radius 2 is 2.31 bits per heavy atom. The van der Waals surface area contributed by atoms with Crippen LogP contribution in [0.1, 0.15) is 17.8 Å². The lowest BCUT2D eigenvalue weighted by atomic mass is 10.3. The van der Waals surface area contributed by atoms with Crippen LogP contribution < -0.4 is 5.73 Å². The highest BCUT2D eigenvalue weighted by Crippen LogP contribution is 2.28. The smallest absolute Gasteiger partial charge is 0.129 e.